The summed E-state index contributed by atoms with van der Waals surface area (Å²) in [5.74, 6) is -1.41. The Balaban J connectivity index is 2.00. The largest absolute Gasteiger partial charge is 0.489 e. The number of rotatable bonds is 7. The molecule has 8 heteroatoms. The number of hydrogen-bond donors (Lipinski definition) is 3. The summed E-state index contributed by atoms with van der Waals surface area (Å²) in [4.78, 5) is 34.8. The first-order valence-electron chi connectivity index (χ1n) is 8.21. The van der Waals surface area contributed by atoms with Crippen LogP contribution in [-0.4, -0.2) is 30.9 Å². The lowest BCUT2D eigenvalue weighted by Crippen LogP contribution is -2.28. The Bertz CT molecular complexity index is 820. The molecular weight excluding hydrogens is 353 g/mol. The van der Waals surface area contributed by atoms with E-state index in [4.69, 9.17) is 4.74 Å². The highest BCUT2D eigenvalue weighted by Gasteiger charge is 2.10. The number of hydrogen-bond acceptors (Lipinski definition) is 4. The highest BCUT2D eigenvalue weighted by Crippen LogP contribution is 2.19. The summed E-state index contributed by atoms with van der Waals surface area (Å²) in [5.41, 5.74) is 0.999. The monoisotopic (exact) mass is 373 g/mol. The number of nitrogens with one attached hydrogen (secondary N) is 3. The van der Waals surface area contributed by atoms with Gasteiger partial charge in [-0.1, -0.05) is 12.1 Å². The second-order valence-corrected chi connectivity index (χ2v) is 5.70. The first kappa shape index (κ1) is 19.9. The maximum atomic E-state index is 13.5. The molecule has 0 aromatic heterocycles. The van der Waals surface area contributed by atoms with Gasteiger partial charge in [0.1, 0.15) is 6.61 Å². The first-order valence-corrected chi connectivity index (χ1v) is 8.21. The predicted molar refractivity (Wildman–Crippen MR) is 99.3 cm³/mol. The van der Waals surface area contributed by atoms with Gasteiger partial charge in [-0.15, -0.1) is 0 Å². The van der Waals surface area contributed by atoms with Crippen LogP contribution >= 0.6 is 0 Å². The van der Waals surface area contributed by atoms with E-state index in [2.05, 4.69) is 16.0 Å². The molecule has 0 bridgehead atoms. The second-order valence-electron chi connectivity index (χ2n) is 5.70. The molecule has 3 N–H and O–H groups in total. The van der Waals surface area contributed by atoms with E-state index in [9.17, 15) is 18.8 Å². The molecule has 0 spiro atoms. The average molecular weight is 373 g/mol. The molecule has 0 heterocycles. The Kier molecular flexibility index (Phi) is 6.87. The van der Waals surface area contributed by atoms with Crippen LogP contribution in [0.4, 0.5) is 15.8 Å². The molecule has 0 saturated heterocycles. The van der Waals surface area contributed by atoms with Crippen molar-refractivity contribution in [3.63, 3.8) is 0 Å². The molecule has 2 aromatic carbocycles. The van der Waals surface area contributed by atoms with E-state index in [0.29, 0.717) is 11.4 Å². The highest BCUT2D eigenvalue weighted by atomic mass is 19.1. The fourth-order valence-electron chi connectivity index (χ4n) is 2.30. The van der Waals surface area contributed by atoms with Crippen LogP contribution in [0.1, 0.15) is 24.2 Å². The molecule has 0 aliphatic heterocycles. The summed E-state index contributed by atoms with van der Waals surface area (Å²) in [6.07, 6.45) is 0. The smallest absolute Gasteiger partial charge is 0.251 e. The molecule has 0 unspecified atom stereocenters. The number of anilines is 2. The topological polar surface area (TPSA) is 96.5 Å². The Morgan fingerprint density at radius 1 is 0.963 bits per heavy atom. The molecule has 0 atom stereocenters. The summed E-state index contributed by atoms with van der Waals surface area (Å²) < 4.78 is 18.7. The van der Waals surface area contributed by atoms with E-state index < -0.39 is 11.7 Å². The molecule has 2 rings (SSSR count). The number of benzene rings is 2. The van der Waals surface area contributed by atoms with Crippen LogP contribution in [0.25, 0.3) is 0 Å². The van der Waals surface area contributed by atoms with Crippen LogP contribution in [0, 0.1) is 5.82 Å². The van der Waals surface area contributed by atoms with Gasteiger partial charge in [0.15, 0.2) is 11.6 Å². The number of carbonyl (C=O) groups is 3. The van der Waals surface area contributed by atoms with Gasteiger partial charge in [0, 0.05) is 30.8 Å². The third kappa shape index (κ3) is 6.43. The summed E-state index contributed by atoms with van der Waals surface area (Å²) in [7, 11) is 0. The van der Waals surface area contributed by atoms with Crippen molar-refractivity contribution in [3.8, 4) is 5.75 Å². The van der Waals surface area contributed by atoms with Crippen molar-refractivity contribution in [3.05, 3.63) is 53.8 Å². The number of para-hydroxylation sites is 1. The van der Waals surface area contributed by atoms with E-state index in [0.717, 1.165) is 0 Å². The fraction of sp³-hybridized carbons (Fsp3) is 0.211. The van der Waals surface area contributed by atoms with Gasteiger partial charge in [-0.05, 0) is 30.3 Å². The number of amides is 3. The average Bonchev–Trinajstić information content (AvgIpc) is 2.58. The van der Waals surface area contributed by atoms with E-state index in [-0.39, 0.29) is 36.3 Å². The van der Waals surface area contributed by atoms with Crippen molar-refractivity contribution in [2.24, 2.45) is 0 Å². The van der Waals surface area contributed by atoms with Crippen molar-refractivity contribution >= 4 is 29.1 Å². The molecule has 0 fully saturated rings. The zero-order chi connectivity index (χ0) is 19.8. The van der Waals surface area contributed by atoms with E-state index in [1.807, 2.05) is 0 Å². The second kappa shape index (κ2) is 9.33. The minimum Gasteiger partial charge on any atom is -0.489 e. The van der Waals surface area contributed by atoms with E-state index >= 15 is 0 Å². The summed E-state index contributed by atoms with van der Waals surface area (Å²) in [6.45, 7) is 2.90. The third-order valence-corrected chi connectivity index (χ3v) is 3.32. The van der Waals surface area contributed by atoms with Gasteiger partial charge in [0.05, 0.1) is 6.54 Å². The minimum absolute atomic E-state index is 0.0800. The van der Waals surface area contributed by atoms with Crippen LogP contribution in [0.15, 0.2) is 42.5 Å². The van der Waals surface area contributed by atoms with Crippen molar-refractivity contribution < 1.29 is 23.5 Å². The Labute approximate surface area is 155 Å². The van der Waals surface area contributed by atoms with Gasteiger partial charge in [0.25, 0.3) is 5.91 Å². The SMILES string of the molecule is CC(=O)Nc1cc(NC(C)=O)cc(C(=O)NCCOc2ccccc2F)c1. The lowest BCUT2D eigenvalue weighted by Gasteiger charge is -2.12. The maximum Gasteiger partial charge on any atom is 0.251 e. The first-order chi connectivity index (χ1) is 12.8. The van der Waals surface area contributed by atoms with Crippen molar-refractivity contribution in [1.82, 2.24) is 5.32 Å². The molecule has 0 saturated carbocycles. The Morgan fingerprint density at radius 3 is 2.11 bits per heavy atom. The Morgan fingerprint density at radius 2 is 1.56 bits per heavy atom. The molecule has 0 aliphatic carbocycles. The van der Waals surface area contributed by atoms with Crippen molar-refractivity contribution in [2.45, 2.75) is 13.8 Å². The summed E-state index contributed by atoms with van der Waals surface area (Å²) >= 11 is 0. The summed E-state index contributed by atoms with van der Waals surface area (Å²) in [6, 6.07) is 10.5. The molecule has 0 radical (unpaired) electrons. The van der Waals surface area contributed by atoms with Crippen LogP contribution in [-0.2, 0) is 9.59 Å². The normalized spacial score (nSPS) is 10.0. The molecule has 3 amide bonds. The molecule has 27 heavy (non-hydrogen) atoms. The van der Waals surface area contributed by atoms with Gasteiger partial charge < -0.3 is 20.7 Å². The zero-order valence-corrected chi connectivity index (χ0v) is 15.0. The minimum atomic E-state index is -0.480. The predicted octanol–water partition coefficient (Wildman–Crippen LogP) is 2.55. The maximum absolute atomic E-state index is 13.5. The van der Waals surface area contributed by atoms with Gasteiger partial charge in [-0.25, -0.2) is 4.39 Å². The van der Waals surface area contributed by atoms with Crippen LogP contribution in [0.2, 0.25) is 0 Å². The quantitative estimate of drug-likeness (QED) is 0.650. The molecule has 0 aliphatic rings. The van der Waals surface area contributed by atoms with Gasteiger partial charge in [-0.2, -0.15) is 0 Å². The lowest BCUT2D eigenvalue weighted by molar-refractivity contribution is -0.115. The number of ether oxygens (including phenoxy) is 1. The van der Waals surface area contributed by atoms with Crippen molar-refractivity contribution in [1.29, 1.82) is 0 Å². The Hall–Kier alpha value is -3.42. The zero-order valence-electron chi connectivity index (χ0n) is 15.0. The number of carbonyl (C=O) groups excluding carboxylic acids is 3. The van der Waals surface area contributed by atoms with Gasteiger partial charge in [0.2, 0.25) is 11.8 Å². The van der Waals surface area contributed by atoms with Gasteiger partial charge >= 0.3 is 0 Å². The summed E-state index contributed by atoms with van der Waals surface area (Å²) in [5, 5.41) is 7.78. The van der Waals surface area contributed by atoms with Crippen LogP contribution < -0.4 is 20.7 Å². The molecule has 2 aromatic rings. The van der Waals surface area contributed by atoms with Crippen LogP contribution in [0.5, 0.6) is 5.75 Å². The van der Waals surface area contributed by atoms with Crippen molar-refractivity contribution in [2.75, 3.05) is 23.8 Å². The third-order valence-electron chi connectivity index (χ3n) is 3.32. The standard InChI is InChI=1S/C19H20FN3O4/c1-12(24)22-15-9-14(10-16(11-15)23-13(2)25)19(26)21-7-8-27-18-6-4-3-5-17(18)20/h3-6,9-11H,7-8H2,1-2H3,(H,21,26)(H,22,24)(H,23,25). The lowest BCUT2D eigenvalue weighted by atomic mass is 10.1. The van der Waals surface area contributed by atoms with E-state index in [1.54, 1.807) is 18.2 Å². The van der Waals surface area contributed by atoms with Gasteiger partial charge in [-0.3, -0.25) is 14.4 Å². The number of halogens is 1. The van der Waals surface area contributed by atoms with E-state index in [1.165, 1.54) is 38.1 Å². The molecule has 142 valence electrons. The fourth-order valence-corrected chi connectivity index (χ4v) is 2.30. The molecular formula is C19H20FN3O4. The molecule has 7 nitrogen and oxygen atoms in total. The highest BCUT2D eigenvalue weighted by molar-refractivity contribution is 5.99. The van der Waals surface area contributed by atoms with Crippen LogP contribution in [0.3, 0.4) is 0 Å².